The molecule has 0 aromatic heterocycles. The molecule has 0 fully saturated rings. The zero-order chi connectivity index (χ0) is 14.5. The summed E-state index contributed by atoms with van der Waals surface area (Å²) in [5.41, 5.74) is 2.31. The molecular weight excluding hydrogens is 385 g/mol. The van der Waals surface area contributed by atoms with E-state index < -0.39 is 0 Å². The van der Waals surface area contributed by atoms with Gasteiger partial charge >= 0.3 is 0 Å². The summed E-state index contributed by atoms with van der Waals surface area (Å²) in [7, 11) is 0. The first-order chi connectivity index (χ1) is 9.60. The summed E-state index contributed by atoms with van der Waals surface area (Å²) in [5.74, 6) is -0.224. The lowest BCUT2D eigenvalue weighted by Crippen LogP contribution is -2.23. The quantitative estimate of drug-likeness (QED) is 0.723. The maximum Gasteiger partial charge on any atom is 0.124 e. The average Bonchev–Trinajstić information content (AvgIpc) is 2.38. The molecule has 4 heteroatoms. The number of rotatable bonds is 5. The van der Waals surface area contributed by atoms with E-state index in [0.29, 0.717) is 0 Å². The van der Waals surface area contributed by atoms with Gasteiger partial charge < -0.3 is 5.32 Å². The Morgan fingerprint density at radius 1 is 1.15 bits per heavy atom. The van der Waals surface area contributed by atoms with Gasteiger partial charge in [-0.05, 0) is 48.4 Å². The van der Waals surface area contributed by atoms with Crippen molar-refractivity contribution in [3.63, 3.8) is 0 Å². The number of benzene rings is 2. The average molecular weight is 401 g/mol. The summed E-state index contributed by atoms with van der Waals surface area (Å²) in [5, 5.41) is 3.46. The highest BCUT2D eigenvalue weighted by Gasteiger charge is 2.15. The standard InChI is InChI=1S/C16H16Br2FN/c1-2-20-16(9-11-4-3-5-12(17)8-11)14-7-6-13(19)10-15(14)18/h3-8,10,16,20H,2,9H2,1H3. The van der Waals surface area contributed by atoms with Gasteiger partial charge in [0.05, 0.1) is 0 Å². The third kappa shape index (κ3) is 4.14. The predicted octanol–water partition coefficient (Wildman–Crippen LogP) is 5.24. The number of likely N-dealkylation sites (N-methyl/N-ethyl adjacent to an activating group) is 1. The van der Waals surface area contributed by atoms with Crippen LogP contribution in [0.5, 0.6) is 0 Å². The van der Waals surface area contributed by atoms with Gasteiger partial charge in [0, 0.05) is 15.0 Å². The monoisotopic (exact) mass is 399 g/mol. The summed E-state index contributed by atoms with van der Waals surface area (Å²) in [6, 6.07) is 13.3. The van der Waals surface area contributed by atoms with Crippen molar-refractivity contribution in [1.82, 2.24) is 5.32 Å². The normalized spacial score (nSPS) is 12.4. The summed E-state index contributed by atoms with van der Waals surface area (Å²) < 4.78 is 15.1. The van der Waals surface area contributed by atoms with Crippen LogP contribution in [0.15, 0.2) is 51.4 Å². The molecule has 0 saturated heterocycles. The number of halogens is 3. The van der Waals surface area contributed by atoms with E-state index in [9.17, 15) is 4.39 Å². The smallest absolute Gasteiger partial charge is 0.124 e. The van der Waals surface area contributed by atoms with Crippen molar-refractivity contribution in [3.8, 4) is 0 Å². The van der Waals surface area contributed by atoms with Gasteiger partial charge in [-0.25, -0.2) is 4.39 Å². The van der Waals surface area contributed by atoms with E-state index in [-0.39, 0.29) is 11.9 Å². The SMILES string of the molecule is CCNC(Cc1cccc(Br)c1)c1ccc(F)cc1Br. The Labute approximate surface area is 135 Å². The molecule has 20 heavy (non-hydrogen) atoms. The number of nitrogens with one attached hydrogen (secondary N) is 1. The maximum atomic E-state index is 13.2. The van der Waals surface area contributed by atoms with Gasteiger partial charge in [0.1, 0.15) is 5.82 Å². The van der Waals surface area contributed by atoms with Crippen LogP contribution in [-0.2, 0) is 6.42 Å². The van der Waals surface area contributed by atoms with Crippen molar-refractivity contribution in [2.24, 2.45) is 0 Å². The maximum absolute atomic E-state index is 13.2. The molecule has 1 atom stereocenters. The minimum absolute atomic E-state index is 0.157. The summed E-state index contributed by atoms with van der Waals surface area (Å²) >= 11 is 6.95. The molecule has 0 amide bonds. The van der Waals surface area contributed by atoms with Gasteiger partial charge in [0.15, 0.2) is 0 Å². The lowest BCUT2D eigenvalue weighted by Gasteiger charge is -2.20. The van der Waals surface area contributed by atoms with E-state index in [2.05, 4.69) is 56.2 Å². The third-order valence-corrected chi connectivity index (χ3v) is 4.30. The van der Waals surface area contributed by atoms with Crippen LogP contribution in [0.25, 0.3) is 0 Å². The van der Waals surface area contributed by atoms with E-state index >= 15 is 0 Å². The molecule has 0 saturated carbocycles. The van der Waals surface area contributed by atoms with E-state index in [0.717, 1.165) is 27.5 Å². The molecule has 1 nitrogen and oxygen atoms in total. The first kappa shape index (κ1) is 15.7. The Morgan fingerprint density at radius 2 is 1.95 bits per heavy atom. The molecule has 0 aliphatic rings. The van der Waals surface area contributed by atoms with Crippen LogP contribution in [0.3, 0.4) is 0 Å². The second-order valence-corrected chi connectivity index (χ2v) is 6.38. The molecule has 0 aliphatic carbocycles. The lowest BCUT2D eigenvalue weighted by atomic mass is 9.99. The van der Waals surface area contributed by atoms with E-state index in [4.69, 9.17) is 0 Å². The first-order valence-corrected chi connectivity index (χ1v) is 8.11. The molecule has 1 unspecified atom stereocenters. The van der Waals surface area contributed by atoms with Gasteiger partial charge in [-0.3, -0.25) is 0 Å². The Kier molecular flexibility index (Phi) is 5.75. The van der Waals surface area contributed by atoms with Gasteiger partial charge in [-0.15, -0.1) is 0 Å². The van der Waals surface area contributed by atoms with Gasteiger partial charge in [-0.1, -0.05) is 57.0 Å². The van der Waals surface area contributed by atoms with Crippen molar-refractivity contribution in [3.05, 3.63) is 68.4 Å². The molecule has 0 radical (unpaired) electrons. The van der Waals surface area contributed by atoms with Crippen LogP contribution in [0.2, 0.25) is 0 Å². The molecule has 2 aromatic carbocycles. The summed E-state index contributed by atoms with van der Waals surface area (Å²) in [6.45, 7) is 2.94. The lowest BCUT2D eigenvalue weighted by molar-refractivity contribution is 0.545. The first-order valence-electron chi connectivity index (χ1n) is 6.53. The fraction of sp³-hybridized carbons (Fsp3) is 0.250. The zero-order valence-corrected chi connectivity index (χ0v) is 14.3. The second-order valence-electron chi connectivity index (χ2n) is 4.61. The Hall–Kier alpha value is -0.710. The van der Waals surface area contributed by atoms with Crippen molar-refractivity contribution in [2.45, 2.75) is 19.4 Å². The topological polar surface area (TPSA) is 12.0 Å². The van der Waals surface area contributed by atoms with E-state index in [1.807, 2.05) is 18.2 Å². The van der Waals surface area contributed by atoms with Crippen molar-refractivity contribution in [1.29, 1.82) is 0 Å². The Morgan fingerprint density at radius 3 is 2.60 bits per heavy atom. The largest absolute Gasteiger partial charge is 0.310 e. The van der Waals surface area contributed by atoms with Crippen molar-refractivity contribution < 1.29 is 4.39 Å². The minimum atomic E-state index is -0.224. The van der Waals surface area contributed by atoms with Gasteiger partial charge in [-0.2, -0.15) is 0 Å². The van der Waals surface area contributed by atoms with Crippen LogP contribution in [-0.4, -0.2) is 6.54 Å². The minimum Gasteiger partial charge on any atom is -0.310 e. The van der Waals surface area contributed by atoms with Gasteiger partial charge in [0.25, 0.3) is 0 Å². The molecule has 106 valence electrons. The van der Waals surface area contributed by atoms with Crippen LogP contribution in [0, 0.1) is 5.82 Å². The van der Waals surface area contributed by atoms with E-state index in [1.54, 1.807) is 0 Å². The summed E-state index contributed by atoms with van der Waals surface area (Å²) in [4.78, 5) is 0. The second kappa shape index (κ2) is 7.34. The molecule has 0 bridgehead atoms. The fourth-order valence-corrected chi connectivity index (χ4v) is 3.30. The Balaban J connectivity index is 2.26. The van der Waals surface area contributed by atoms with E-state index in [1.165, 1.54) is 17.7 Å². The molecule has 0 aliphatic heterocycles. The van der Waals surface area contributed by atoms with Crippen LogP contribution >= 0.6 is 31.9 Å². The Bertz CT molecular complexity index is 586. The summed E-state index contributed by atoms with van der Waals surface area (Å²) in [6.07, 6.45) is 0.859. The van der Waals surface area contributed by atoms with Crippen LogP contribution < -0.4 is 5.32 Å². The van der Waals surface area contributed by atoms with Crippen LogP contribution in [0.4, 0.5) is 4.39 Å². The van der Waals surface area contributed by atoms with Crippen molar-refractivity contribution >= 4 is 31.9 Å². The number of hydrogen-bond donors (Lipinski definition) is 1. The highest BCUT2D eigenvalue weighted by molar-refractivity contribution is 9.10. The van der Waals surface area contributed by atoms with Crippen LogP contribution in [0.1, 0.15) is 24.1 Å². The fourth-order valence-electron chi connectivity index (χ4n) is 2.22. The molecule has 1 N–H and O–H groups in total. The molecule has 0 heterocycles. The highest BCUT2D eigenvalue weighted by Crippen LogP contribution is 2.27. The predicted molar refractivity (Wildman–Crippen MR) is 88.4 cm³/mol. The molecule has 2 aromatic rings. The van der Waals surface area contributed by atoms with Crippen molar-refractivity contribution in [2.75, 3.05) is 6.54 Å². The molecular formula is C16H16Br2FN. The number of hydrogen-bond acceptors (Lipinski definition) is 1. The molecule has 2 rings (SSSR count). The van der Waals surface area contributed by atoms with Gasteiger partial charge in [0.2, 0.25) is 0 Å². The third-order valence-electron chi connectivity index (χ3n) is 3.12. The zero-order valence-electron chi connectivity index (χ0n) is 11.2. The molecule has 0 spiro atoms. The highest BCUT2D eigenvalue weighted by atomic mass is 79.9.